The van der Waals surface area contributed by atoms with Gasteiger partial charge in [0.2, 0.25) is 5.28 Å². The lowest BCUT2D eigenvalue weighted by molar-refractivity contribution is 0.0721. The molecule has 0 N–H and O–H groups in total. The van der Waals surface area contributed by atoms with Crippen molar-refractivity contribution in [2.24, 2.45) is 0 Å². The fourth-order valence-electron chi connectivity index (χ4n) is 1.49. The first-order chi connectivity index (χ1) is 8.72. The van der Waals surface area contributed by atoms with E-state index in [0.717, 1.165) is 29.8 Å². The second kappa shape index (κ2) is 7.28. The molecular formula is C12H19ClN4O. The SMILES string of the molecule is CC.CCCOCn1nc(C)c2nc(Cl)ncc21. The zero-order chi connectivity index (χ0) is 13.5. The summed E-state index contributed by atoms with van der Waals surface area (Å²) in [7, 11) is 0. The fraction of sp³-hybridized carbons (Fsp3) is 0.583. The number of halogens is 1. The number of aromatic nitrogens is 4. The van der Waals surface area contributed by atoms with Gasteiger partial charge < -0.3 is 4.74 Å². The van der Waals surface area contributed by atoms with Crippen molar-refractivity contribution in [2.75, 3.05) is 6.61 Å². The highest BCUT2D eigenvalue weighted by Gasteiger charge is 2.09. The molecule has 0 radical (unpaired) electrons. The van der Waals surface area contributed by atoms with E-state index < -0.39 is 0 Å². The Morgan fingerprint density at radius 3 is 2.78 bits per heavy atom. The van der Waals surface area contributed by atoms with E-state index in [9.17, 15) is 0 Å². The maximum absolute atomic E-state index is 5.74. The molecule has 0 spiro atoms. The Kier molecular flexibility index (Phi) is 6.01. The first-order valence-corrected chi connectivity index (χ1v) is 6.53. The average Bonchev–Trinajstić information content (AvgIpc) is 2.69. The van der Waals surface area contributed by atoms with E-state index in [0.29, 0.717) is 6.73 Å². The number of aryl methyl sites for hydroxylation is 1. The third-order valence-corrected chi connectivity index (χ3v) is 2.38. The van der Waals surface area contributed by atoms with Crippen LogP contribution in [0.15, 0.2) is 6.20 Å². The molecule has 2 heterocycles. The van der Waals surface area contributed by atoms with E-state index in [1.54, 1.807) is 10.9 Å². The molecule has 0 saturated carbocycles. The van der Waals surface area contributed by atoms with Gasteiger partial charge in [0.05, 0.1) is 11.9 Å². The third kappa shape index (κ3) is 3.40. The Morgan fingerprint density at radius 1 is 1.39 bits per heavy atom. The average molecular weight is 271 g/mol. The van der Waals surface area contributed by atoms with Crippen LogP contribution in [0.5, 0.6) is 0 Å². The molecule has 2 rings (SSSR count). The summed E-state index contributed by atoms with van der Waals surface area (Å²) in [5.41, 5.74) is 2.46. The van der Waals surface area contributed by atoms with Crippen LogP contribution >= 0.6 is 11.6 Å². The second-order valence-electron chi connectivity index (χ2n) is 3.50. The summed E-state index contributed by atoms with van der Waals surface area (Å²) in [5, 5.41) is 4.57. The van der Waals surface area contributed by atoms with Gasteiger partial charge in [-0.15, -0.1) is 0 Å². The van der Waals surface area contributed by atoms with Crippen molar-refractivity contribution in [2.45, 2.75) is 40.8 Å². The Balaban J connectivity index is 0.000000771. The normalized spacial score (nSPS) is 10.3. The van der Waals surface area contributed by atoms with Crippen LogP contribution in [0.2, 0.25) is 5.28 Å². The molecule has 6 heteroatoms. The van der Waals surface area contributed by atoms with Crippen LogP contribution < -0.4 is 0 Å². The molecule has 2 aromatic rings. The maximum Gasteiger partial charge on any atom is 0.223 e. The van der Waals surface area contributed by atoms with Gasteiger partial charge in [0.1, 0.15) is 17.8 Å². The van der Waals surface area contributed by atoms with Gasteiger partial charge in [-0.2, -0.15) is 5.10 Å². The molecule has 2 aromatic heterocycles. The molecule has 0 atom stereocenters. The number of fused-ring (bicyclic) bond motifs is 1. The first kappa shape index (κ1) is 14.9. The van der Waals surface area contributed by atoms with E-state index in [-0.39, 0.29) is 5.28 Å². The van der Waals surface area contributed by atoms with Gasteiger partial charge in [0.15, 0.2) is 0 Å². The molecule has 0 fully saturated rings. The minimum absolute atomic E-state index is 0.240. The minimum Gasteiger partial charge on any atom is -0.359 e. The molecule has 5 nitrogen and oxygen atoms in total. The van der Waals surface area contributed by atoms with Gasteiger partial charge in [0, 0.05) is 6.61 Å². The Morgan fingerprint density at radius 2 is 2.11 bits per heavy atom. The zero-order valence-electron chi connectivity index (χ0n) is 11.3. The van der Waals surface area contributed by atoms with Crippen molar-refractivity contribution in [3.05, 3.63) is 17.2 Å². The van der Waals surface area contributed by atoms with Crippen molar-refractivity contribution in [3.63, 3.8) is 0 Å². The summed E-state index contributed by atoms with van der Waals surface area (Å²) < 4.78 is 7.18. The summed E-state index contributed by atoms with van der Waals surface area (Å²) in [6, 6.07) is 0. The lowest BCUT2D eigenvalue weighted by Gasteiger charge is -2.03. The summed E-state index contributed by atoms with van der Waals surface area (Å²) in [5.74, 6) is 0. The van der Waals surface area contributed by atoms with E-state index in [2.05, 4.69) is 22.0 Å². The Bertz CT molecular complexity index is 498. The van der Waals surface area contributed by atoms with E-state index in [4.69, 9.17) is 16.3 Å². The Hall–Kier alpha value is -1.20. The van der Waals surface area contributed by atoms with Crippen molar-refractivity contribution >= 4 is 22.6 Å². The minimum atomic E-state index is 0.240. The van der Waals surface area contributed by atoms with Gasteiger partial charge in [-0.25, -0.2) is 14.6 Å². The summed E-state index contributed by atoms with van der Waals surface area (Å²) >= 11 is 5.74. The number of hydrogen-bond acceptors (Lipinski definition) is 4. The highest BCUT2D eigenvalue weighted by molar-refractivity contribution is 6.28. The van der Waals surface area contributed by atoms with Gasteiger partial charge in [-0.1, -0.05) is 20.8 Å². The van der Waals surface area contributed by atoms with Gasteiger partial charge in [0.25, 0.3) is 0 Å². The lowest BCUT2D eigenvalue weighted by atomic mass is 10.4. The quantitative estimate of drug-likeness (QED) is 0.632. The molecule has 0 aliphatic carbocycles. The van der Waals surface area contributed by atoms with Gasteiger partial charge >= 0.3 is 0 Å². The monoisotopic (exact) mass is 270 g/mol. The number of hydrogen-bond donors (Lipinski definition) is 0. The molecule has 0 saturated heterocycles. The molecule has 0 aliphatic rings. The molecule has 18 heavy (non-hydrogen) atoms. The molecule has 0 amide bonds. The summed E-state index contributed by atoms with van der Waals surface area (Å²) in [6.45, 7) is 9.09. The second-order valence-corrected chi connectivity index (χ2v) is 3.83. The summed E-state index contributed by atoms with van der Waals surface area (Å²) in [6.07, 6.45) is 2.65. The lowest BCUT2D eigenvalue weighted by Crippen LogP contribution is -2.05. The third-order valence-electron chi connectivity index (χ3n) is 2.19. The van der Waals surface area contributed by atoms with Crippen LogP contribution in [-0.4, -0.2) is 26.4 Å². The Labute approximate surface area is 112 Å². The van der Waals surface area contributed by atoms with Gasteiger partial charge in [-0.05, 0) is 24.9 Å². The highest BCUT2D eigenvalue weighted by atomic mass is 35.5. The largest absolute Gasteiger partial charge is 0.359 e. The summed E-state index contributed by atoms with van der Waals surface area (Å²) in [4.78, 5) is 8.09. The predicted molar refractivity (Wildman–Crippen MR) is 72.7 cm³/mol. The molecule has 0 unspecified atom stereocenters. The van der Waals surface area contributed by atoms with Crippen LogP contribution in [0.1, 0.15) is 32.9 Å². The smallest absolute Gasteiger partial charge is 0.223 e. The molecule has 100 valence electrons. The van der Waals surface area contributed by atoms with Crippen LogP contribution in [0.4, 0.5) is 0 Å². The van der Waals surface area contributed by atoms with Crippen LogP contribution in [-0.2, 0) is 11.5 Å². The highest BCUT2D eigenvalue weighted by Crippen LogP contribution is 2.16. The fourth-order valence-corrected chi connectivity index (χ4v) is 1.62. The maximum atomic E-state index is 5.74. The van der Waals surface area contributed by atoms with Crippen molar-refractivity contribution in [1.82, 2.24) is 19.7 Å². The molecule has 0 aliphatic heterocycles. The molecule has 0 bridgehead atoms. The van der Waals surface area contributed by atoms with Gasteiger partial charge in [-0.3, -0.25) is 0 Å². The standard InChI is InChI=1S/C10H13ClN4O.C2H6/c1-3-4-16-6-15-8-5-12-10(11)13-9(8)7(2)14-15;1-2/h5H,3-4,6H2,1-2H3;1-2H3. The van der Waals surface area contributed by atoms with Crippen molar-refractivity contribution < 1.29 is 4.74 Å². The molecule has 0 aromatic carbocycles. The topological polar surface area (TPSA) is 52.8 Å². The van der Waals surface area contributed by atoms with Crippen LogP contribution in [0.25, 0.3) is 11.0 Å². The number of nitrogens with zero attached hydrogens (tertiary/aromatic N) is 4. The van der Waals surface area contributed by atoms with Crippen molar-refractivity contribution in [3.8, 4) is 0 Å². The van der Waals surface area contributed by atoms with E-state index in [1.807, 2.05) is 20.8 Å². The van der Waals surface area contributed by atoms with E-state index in [1.165, 1.54) is 0 Å². The number of rotatable bonds is 4. The van der Waals surface area contributed by atoms with Crippen molar-refractivity contribution in [1.29, 1.82) is 0 Å². The van der Waals surface area contributed by atoms with Crippen LogP contribution in [0.3, 0.4) is 0 Å². The first-order valence-electron chi connectivity index (χ1n) is 6.15. The van der Waals surface area contributed by atoms with Crippen LogP contribution in [0, 0.1) is 6.92 Å². The molecular weight excluding hydrogens is 252 g/mol. The number of ether oxygens (including phenoxy) is 1. The predicted octanol–water partition coefficient (Wildman–Crippen LogP) is 3.20. The zero-order valence-corrected chi connectivity index (χ0v) is 12.0. The van der Waals surface area contributed by atoms with E-state index >= 15 is 0 Å².